The van der Waals surface area contributed by atoms with E-state index in [0.717, 1.165) is 32.3 Å². The zero-order chi connectivity index (χ0) is 13.7. The Hall–Kier alpha value is -1.30. The van der Waals surface area contributed by atoms with Gasteiger partial charge in [0.1, 0.15) is 6.54 Å². The number of urea groups is 1. The predicted octanol–water partition coefficient (Wildman–Crippen LogP) is 0.919. The quantitative estimate of drug-likeness (QED) is 0.752. The number of rotatable bonds is 6. The van der Waals surface area contributed by atoms with Gasteiger partial charge in [-0.3, -0.25) is 4.79 Å². The molecule has 2 aliphatic rings. The van der Waals surface area contributed by atoms with Crippen molar-refractivity contribution in [2.24, 2.45) is 11.8 Å². The molecule has 2 fully saturated rings. The fourth-order valence-electron chi connectivity index (χ4n) is 2.31. The third-order valence-corrected chi connectivity index (χ3v) is 3.59. The molecule has 0 bridgehead atoms. The van der Waals surface area contributed by atoms with Crippen molar-refractivity contribution in [3.63, 3.8) is 0 Å². The minimum absolute atomic E-state index is 0.219. The summed E-state index contributed by atoms with van der Waals surface area (Å²) in [5.74, 6) is -0.120. The maximum absolute atomic E-state index is 12.0. The Morgan fingerprint density at radius 3 is 2.63 bits per heavy atom. The van der Waals surface area contributed by atoms with Gasteiger partial charge in [-0.05, 0) is 37.5 Å². The highest BCUT2D eigenvalue weighted by molar-refractivity contribution is 5.80. The topological polar surface area (TPSA) is 78.9 Å². The first-order valence-corrected chi connectivity index (χ1v) is 6.97. The molecule has 1 aliphatic heterocycles. The van der Waals surface area contributed by atoms with Gasteiger partial charge in [-0.1, -0.05) is 0 Å². The Labute approximate surface area is 113 Å². The van der Waals surface area contributed by atoms with E-state index in [1.54, 1.807) is 0 Å². The molecule has 1 aliphatic carbocycles. The van der Waals surface area contributed by atoms with Crippen LogP contribution in [0.3, 0.4) is 0 Å². The molecule has 0 radical (unpaired) electrons. The number of carboxylic acid groups (broad SMARTS) is 1. The van der Waals surface area contributed by atoms with E-state index in [-0.39, 0.29) is 12.6 Å². The maximum Gasteiger partial charge on any atom is 0.323 e. The second-order valence-electron chi connectivity index (χ2n) is 5.49. The molecule has 1 atom stereocenters. The maximum atomic E-state index is 12.0. The number of carboxylic acids is 1. The first-order chi connectivity index (χ1) is 9.15. The van der Waals surface area contributed by atoms with Crippen LogP contribution in [-0.2, 0) is 9.53 Å². The van der Waals surface area contributed by atoms with Crippen LogP contribution in [0.25, 0.3) is 0 Å². The van der Waals surface area contributed by atoms with E-state index in [4.69, 9.17) is 9.84 Å². The number of ether oxygens (including phenoxy) is 1. The summed E-state index contributed by atoms with van der Waals surface area (Å²) in [5, 5.41) is 11.7. The van der Waals surface area contributed by atoms with Crippen LogP contribution >= 0.6 is 0 Å². The van der Waals surface area contributed by atoms with Crippen molar-refractivity contribution in [3.8, 4) is 0 Å². The molecule has 0 aromatic carbocycles. The van der Waals surface area contributed by atoms with Gasteiger partial charge in [0.15, 0.2) is 0 Å². The number of aliphatic carboxylic acids is 1. The van der Waals surface area contributed by atoms with Gasteiger partial charge >= 0.3 is 12.0 Å². The van der Waals surface area contributed by atoms with Gasteiger partial charge in [0.25, 0.3) is 0 Å². The molecular weight excluding hydrogens is 248 g/mol. The summed E-state index contributed by atoms with van der Waals surface area (Å²) in [7, 11) is 0. The highest BCUT2D eigenvalue weighted by Crippen LogP contribution is 2.29. The number of hydrogen-bond donors (Lipinski definition) is 2. The molecule has 1 saturated heterocycles. The summed E-state index contributed by atoms with van der Waals surface area (Å²) in [6.45, 7) is 2.39. The summed E-state index contributed by atoms with van der Waals surface area (Å²) < 4.78 is 5.35. The third-order valence-electron chi connectivity index (χ3n) is 3.59. The van der Waals surface area contributed by atoms with Crippen LogP contribution in [0, 0.1) is 11.8 Å². The predicted molar refractivity (Wildman–Crippen MR) is 68.9 cm³/mol. The van der Waals surface area contributed by atoms with Crippen LogP contribution in [0.2, 0.25) is 0 Å². The van der Waals surface area contributed by atoms with E-state index < -0.39 is 5.97 Å². The van der Waals surface area contributed by atoms with Crippen LogP contribution in [-0.4, -0.2) is 54.9 Å². The first kappa shape index (κ1) is 14.1. The monoisotopic (exact) mass is 270 g/mol. The third kappa shape index (κ3) is 5.06. The molecule has 0 aromatic rings. The highest BCUT2D eigenvalue weighted by Gasteiger charge is 2.28. The zero-order valence-electron chi connectivity index (χ0n) is 11.1. The second kappa shape index (κ2) is 6.75. The first-order valence-electron chi connectivity index (χ1n) is 6.97. The average Bonchev–Trinajstić information content (AvgIpc) is 3.20. The standard InChI is InChI=1S/C13H22N2O4/c16-12(17)8-15(7-10-3-4-10)13(18)14-6-11-2-1-5-19-9-11/h10-11H,1-9H2,(H,14,18)(H,16,17). The van der Waals surface area contributed by atoms with Gasteiger partial charge < -0.3 is 20.1 Å². The number of hydrogen-bond acceptors (Lipinski definition) is 3. The van der Waals surface area contributed by atoms with Crippen LogP contribution < -0.4 is 5.32 Å². The van der Waals surface area contributed by atoms with E-state index >= 15 is 0 Å². The van der Waals surface area contributed by atoms with E-state index in [0.29, 0.717) is 31.5 Å². The SMILES string of the molecule is O=C(O)CN(CC1CC1)C(=O)NCC1CCCOC1. The molecule has 2 rings (SSSR count). The zero-order valence-corrected chi connectivity index (χ0v) is 11.1. The molecule has 0 aromatic heterocycles. The summed E-state index contributed by atoms with van der Waals surface area (Å²) in [4.78, 5) is 24.2. The fourth-order valence-corrected chi connectivity index (χ4v) is 2.31. The molecule has 19 heavy (non-hydrogen) atoms. The Balaban J connectivity index is 1.74. The van der Waals surface area contributed by atoms with E-state index in [1.807, 2.05) is 0 Å². The molecule has 2 N–H and O–H groups in total. The minimum atomic E-state index is -0.961. The molecule has 2 amide bonds. The number of nitrogens with zero attached hydrogens (tertiary/aromatic N) is 1. The number of nitrogens with one attached hydrogen (secondary N) is 1. The average molecular weight is 270 g/mol. The van der Waals surface area contributed by atoms with Crippen LogP contribution in [0.15, 0.2) is 0 Å². The molecule has 6 heteroatoms. The minimum Gasteiger partial charge on any atom is -0.480 e. The van der Waals surface area contributed by atoms with E-state index in [1.165, 1.54) is 4.90 Å². The lowest BCUT2D eigenvalue weighted by molar-refractivity contribution is -0.137. The Morgan fingerprint density at radius 1 is 1.26 bits per heavy atom. The molecule has 108 valence electrons. The van der Waals surface area contributed by atoms with Gasteiger partial charge in [0.2, 0.25) is 0 Å². The van der Waals surface area contributed by atoms with Gasteiger partial charge in [-0.2, -0.15) is 0 Å². The normalized spacial score (nSPS) is 22.8. The molecule has 1 unspecified atom stereocenters. The lowest BCUT2D eigenvalue weighted by Crippen LogP contribution is -2.45. The molecule has 1 saturated carbocycles. The molecule has 0 spiro atoms. The summed E-state index contributed by atoms with van der Waals surface area (Å²) >= 11 is 0. The van der Waals surface area contributed by atoms with Gasteiger partial charge in [0, 0.05) is 19.7 Å². The van der Waals surface area contributed by atoms with Crippen LogP contribution in [0.4, 0.5) is 4.79 Å². The van der Waals surface area contributed by atoms with E-state index in [9.17, 15) is 9.59 Å². The highest BCUT2D eigenvalue weighted by atomic mass is 16.5. The summed E-state index contributed by atoms with van der Waals surface area (Å²) in [6, 6.07) is -0.264. The van der Waals surface area contributed by atoms with Gasteiger partial charge in [0.05, 0.1) is 6.61 Å². The molecular formula is C13H22N2O4. The smallest absolute Gasteiger partial charge is 0.323 e. The Kier molecular flexibility index (Phi) is 5.01. The fraction of sp³-hybridized carbons (Fsp3) is 0.846. The van der Waals surface area contributed by atoms with Crippen molar-refractivity contribution in [2.75, 3.05) is 32.8 Å². The van der Waals surface area contributed by atoms with Crippen molar-refractivity contribution in [2.45, 2.75) is 25.7 Å². The van der Waals surface area contributed by atoms with E-state index in [2.05, 4.69) is 5.32 Å². The van der Waals surface area contributed by atoms with Crippen molar-refractivity contribution in [1.82, 2.24) is 10.2 Å². The van der Waals surface area contributed by atoms with Crippen molar-refractivity contribution < 1.29 is 19.4 Å². The lowest BCUT2D eigenvalue weighted by atomic mass is 10.0. The number of amides is 2. The Morgan fingerprint density at radius 2 is 2.05 bits per heavy atom. The summed E-state index contributed by atoms with van der Waals surface area (Å²) in [5.41, 5.74) is 0. The van der Waals surface area contributed by atoms with Gasteiger partial charge in [-0.25, -0.2) is 4.79 Å². The largest absolute Gasteiger partial charge is 0.480 e. The van der Waals surface area contributed by atoms with Crippen LogP contribution in [0.5, 0.6) is 0 Å². The number of carbonyl (C=O) groups excluding carboxylic acids is 1. The lowest BCUT2D eigenvalue weighted by Gasteiger charge is -2.25. The van der Waals surface area contributed by atoms with Crippen molar-refractivity contribution in [3.05, 3.63) is 0 Å². The summed E-state index contributed by atoms with van der Waals surface area (Å²) in [6.07, 6.45) is 4.28. The number of carbonyl (C=O) groups is 2. The van der Waals surface area contributed by atoms with Crippen LogP contribution in [0.1, 0.15) is 25.7 Å². The van der Waals surface area contributed by atoms with Gasteiger partial charge in [-0.15, -0.1) is 0 Å². The second-order valence-corrected chi connectivity index (χ2v) is 5.49. The molecule has 1 heterocycles. The molecule has 6 nitrogen and oxygen atoms in total. The van der Waals surface area contributed by atoms with Crippen molar-refractivity contribution >= 4 is 12.0 Å². The van der Waals surface area contributed by atoms with Crippen molar-refractivity contribution in [1.29, 1.82) is 0 Å². The Bertz CT molecular complexity index is 325.